The van der Waals surface area contributed by atoms with E-state index in [0.717, 1.165) is 0 Å². The van der Waals surface area contributed by atoms with Gasteiger partial charge >= 0.3 is 11.4 Å². The molecular formula is C7H11ClO4. The third kappa shape index (κ3) is 7.34. The second-order valence-electron chi connectivity index (χ2n) is 2.29. The van der Waals surface area contributed by atoms with E-state index in [-0.39, 0.29) is 18.7 Å². The Hall–Kier alpha value is -0.770. The molecule has 0 heterocycles. The Morgan fingerprint density at radius 1 is 1.50 bits per heavy atom. The highest BCUT2D eigenvalue weighted by molar-refractivity contribution is 6.61. The molecular weight excluding hydrogens is 184 g/mol. The average Bonchev–Trinajstić information content (AvgIpc) is 1.84. The molecule has 0 amide bonds. The molecule has 12 heavy (non-hydrogen) atoms. The summed E-state index contributed by atoms with van der Waals surface area (Å²) in [6.45, 7) is 3.22. The van der Waals surface area contributed by atoms with Crippen LogP contribution in [0.25, 0.3) is 0 Å². The van der Waals surface area contributed by atoms with Crippen LogP contribution in [0.15, 0.2) is 0 Å². The molecule has 0 aromatic carbocycles. The fraction of sp³-hybridized carbons (Fsp3) is 0.714. The maximum absolute atomic E-state index is 10.3. The standard InChI is InChI=1S/C7H11ClO4/c1-5(12-7(8)10)3-4-11-6(2)9/h5H,3-4H2,1-2H3/t5-/m1/s1. The Kier molecular flexibility index (Phi) is 5.45. The van der Waals surface area contributed by atoms with Crippen LogP contribution >= 0.6 is 11.6 Å². The van der Waals surface area contributed by atoms with Crippen LogP contribution in [-0.2, 0) is 14.3 Å². The molecule has 0 bridgehead atoms. The molecule has 0 aromatic rings. The summed E-state index contributed by atoms with van der Waals surface area (Å²) in [5.41, 5.74) is -0.842. The van der Waals surface area contributed by atoms with Gasteiger partial charge in [0.2, 0.25) is 0 Å². The van der Waals surface area contributed by atoms with Crippen LogP contribution in [0.1, 0.15) is 20.3 Å². The third-order valence-electron chi connectivity index (χ3n) is 1.12. The predicted molar refractivity (Wildman–Crippen MR) is 43.0 cm³/mol. The van der Waals surface area contributed by atoms with Gasteiger partial charge in [-0.3, -0.25) is 4.79 Å². The normalized spacial score (nSPS) is 11.9. The molecule has 0 rings (SSSR count). The van der Waals surface area contributed by atoms with Gasteiger partial charge in [-0.2, -0.15) is 0 Å². The van der Waals surface area contributed by atoms with Gasteiger partial charge in [0.1, 0.15) is 6.10 Å². The fourth-order valence-corrected chi connectivity index (χ4v) is 0.738. The lowest BCUT2D eigenvalue weighted by molar-refractivity contribution is -0.141. The van der Waals surface area contributed by atoms with Crippen molar-refractivity contribution in [3.8, 4) is 0 Å². The van der Waals surface area contributed by atoms with E-state index in [2.05, 4.69) is 9.47 Å². The molecule has 0 saturated heterocycles. The van der Waals surface area contributed by atoms with Crippen molar-refractivity contribution in [1.82, 2.24) is 0 Å². The Bertz CT molecular complexity index is 169. The van der Waals surface area contributed by atoms with Crippen LogP contribution in [0.4, 0.5) is 4.79 Å². The van der Waals surface area contributed by atoms with Gasteiger partial charge in [0.05, 0.1) is 6.61 Å². The van der Waals surface area contributed by atoms with Gasteiger partial charge in [-0.25, -0.2) is 4.79 Å². The zero-order valence-corrected chi connectivity index (χ0v) is 7.76. The monoisotopic (exact) mass is 194 g/mol. The number of carbonyl (C=O) groups is 2. The van der Waals surface area contributed by atoms with E-state index in [9.17, 15) is 9.59 Å². The summed E-state index contributed by atoms with van der Waals surface area (Å²) in [5, 5.41) is 0. The largest absolute Gasteiger partial charge is 0.466 e. The molecule has 0 saturated carbocycles. The fourth-order valence-electron chi connectivity index (χ4n) is 0.586. The first kappa shape index (κ1) is 11.2. The minimum Gasteiger partial charge on any atom is -0.466 e. The van der Waals surface area contributed by atoms with Crippen LogP contribution in [0, 0.1) is 0 Å². The van der Waals surface area contributed by atoms with Gasteiger partial charge in [0.25, 0.3) is 0 Å². The summed E-state index contributed by atoms with van der Waals surface area (Å²) in [6.07, 6.45) is 0.132. The quantitative estimate of drug-likeness (QED) is 0.505. The zero-order chi connectivity index (χ0) is 9.56. The molecule has 4 nitrogen and oxygen atoms in total. The summed E-state index contributed by atoms with van der Waals surface area (Å²) >= 11 is 4.95. The average molecular weight is 195 g/mol. The maximum Gasteiger partial charge on any atom is 0.404 e. The van der Waals surface area contributed by atoms with Crippen LogP contribution in [0.2, 0.25) is 0 Å². The maximum atomic E-state index is 10.3. The van der Waals surface area contributed by atoms with Crippen molar-refractivity contribution in [3.63, 3.8) is 0 Å². The van der Waals surface area contributed by atoms with Crippen LogP contribution in [0.3, 0.4) is 0 Å². The Labute approximate surface area is 75.8 Å². The van der Waals surface area contributed by atoms with Crippen LogP contribution in [0.5, 0.6) is 0 Å². The van der Waals surface area contributed by atoms with Gasteiger partial charge in [-0.1, -0.05) is 0 Å². The van der Waals surface area contributed by atoms with Crippen LogP contribution < -0.4 is 0 Å². The molecule has 0 radical (unpaired) electrons. The van der Waals surface area contributed by atoms with Crippen molar-refractivity contribution in [3.05, 3.63) is 0 Å². The van der Waals surface area contributed by atoms with Crippen molar-refractivity contribution in [1.29, 1.82) is 0 Å². The number of rotatable bonds is 4. The number of hydrogen-bond donors (Lipinski definition) is 0. The highest BCUT2D eigenvalue weighted by atomic mass is 35.5. The summed E-state index contributed by atoms with van der Waals surface area (Å²) in [7, 11) is 0. The lowest BCUT2D eigenvalue weighted by Crippen LogP contribution is -2.13. The molecule has 0 aliphatic rings. The second kappa shape index (κ2) is 5.83. The lowest BCUT2D eigenvalue weighted by Gasteiger charge is -2.09. The van der Waals surface area contributed by atoms with Gasteiger partial charge < -0.3 is 9.47 Å². The molecule has 0 aliphatic carbocycles. The van der Waals surface area contributed by atoms with E-state index in [1.54, 1.807) is 6.92 Å². The molecule has 0 N–H and O–H groups in total. The molecule has 5 heteroatoms. The SMILES string of the molecule is CC(=O)OCC[C@@H](C)OC(=O)Cl. The molecule has 1 atom stereocenters. The van der Waals surface area contributed by atoms with E-state index in [1.807, 2.05) is 0 Å². The number of hydrogen-bond acceptors (Lipinski definition) is 4. The van der Waals surface area contributed by atoms with Crippen LogP contribution in [-0.4, -0.2) is 24.1 Å². The Morgan fingerprint density at radius 2 is 2.08 bits per heavy atom. The van der Waals surface area contributed by atoms with E-state index < -0.39 is 5.43 Å². The van der Waals surface area contributed by atoms with Crippen molar-refractivity contribution >= 4 is 23.0 Å². The first-order valence-electron chi connectivity index (χ1n) is 3.52. The predicted octanol–water partition coefficient (Wildman–Crippen LogP) is 1.70. The number of carbonyl (C=O) groups excluding carboxylic acids is 2. The first-order chi connectivity index (χ1) is 5.52. The van der Waals surface area contributed by atoms with E-state index in [1.165, 1.54) is 6.92 Å². The highest BCUT2D eigenvalue weighted by Gasteiger charge is 2.06. The van der Waals surface area contributed by atoms with Gasteiger partial charge in [0, 0.05) is 24.9 Å². The minimum absolute atomic E-state index is 0.237. The minimum atomic E-state index is -0.842. The lowest BCUT2D eigenvalue weighted by atomic mass is 10.3. The van der Waals surface area contributed by atoms with Crippen molar-refractivity contribution in [2.75, 3.05) is 6.61 Å². The highest BCUT2D eigenvalue weighted by Crippen LogP contribution is 2.00. The van der Waals surface area contributed by atoms with Crippen molar-refractivity contribution < 1.29 is 19.1 Å². The van der Waals surface area contributed by atoms with Gasteiger partial charge in [-0.15, -0.1) is 0 Å². The smallest absolute Gasteiger partial charge is 0.404 e. The van der Waals surface area contributed by atoms with Gasteiger partial charge in [-0.05, 0) is 6.92 Å². The molecule has 0 unspecified atom stereocenters. The second-order valence-corrected chi connectivity index (χ2v) is 2.60. The van der Waals surface area contributed by atoms with Crippen molar-refractivity contribution in [2.24, 2.45) is 0 Å². The van der Waals surface area contributed by atoms with E-state index in [0.29, 0.717) is 6.42 Å². The van der Waals surface area contributed by atoms with E-state index in [4.69, 9.17) is 11.6 Å². The molecule has 0 spiro atoms. The summed E-state index contributed by atoms with van der Waals surface area (Å²) in [6, 6.07) is 0. The number of ether oxygens (including phenoxy) is 2. The summed E-state index contributed by atoms with van der Waals surface area (Å²) in [5.74, 6) is -0.348. The number of halogens is 1. The summed E-state index contributed by atoms with van der Waals surface area (Å²) in [4.78, 5) is 20.5. The third-order valence-corrected chi connectivity index (χ3v) is 1.21. The Morgan fingerprint density at radius 3 is 2.50 bits per heavy atom. The topological polar surface area (TPSA) is 52.6 Å². The zero-order valence-electron chi connectivity index (χ0n) is 7.00. The molecule has 0 aliphatic heterocycles. The van der Waals surface area contributed by atoms with Crippen molar-refractivity contribution in [2.45, 2.75) is 26.4 Å². The molecule has 70 valence electrons. The Balaban J connectivity index is 3.37. The van der Waals surface area contributed by atoms with E-state index >= 15 is 0 Å². The first-order valence-corrected chi connectivity index (χ1v) is 3.89. The van der Waals surface area contributed by atoms with Gasteiger partial charge in [0.15, 0.2) is 0 Å². The summed E-state index contributed by atoms with van der Waals surface area (Å²) < 4.78 is 9.19. The number of esters is 1. The molecule has 0 aromatic heterocycles. The molecule has 0 fully saturated rings.